The van der Waals surface area contributed by atoms with E-state index in [0.29, 0.717) is 0 Å². The Kier molecular flexibility index (Phi) is 2.88. The smallest absolute Gasteiger partial charge is 0.0955 e. The normalized spacial score (nSPS) is 20.2. The molecule has 1 saturated carbocycles. The molecule has 0 bridgehead atoms. The van der Waals surface area contributed by atoms with Crippen molar-refractivity contribution in [1.29, 1.82) is 0 Å². The van der Waals surface area contributed by atoms with Crippen LogP contribution in [0.15, 0.2) is 36.7 Å². The van der Waals surface area contributed by atoms with Gasteiger partial charge in [0.2, 0.25) is 0 Å². The van der Waals surface area contributed by atoms with E-state index in [-0.39, 0.29) is 5.54 Å². The standard InChI is InChI=1S/C17H21N3/c1-2-6-14(7-3-1)12-20-13-18-15-8-11-19-17(16(15)20)9-4-5-10-17/h1-3,6-7,13,19H,4-5,8-12H2. The highest BCUT2D eigenvalue weighted by atomic mass is 15.1. The highest BCUT2D eigenvalue weighted by molar-refractivity contribution is 5.29. The van der Waals surface area contributed by atoms with Crippen molar-refractivity contribution in [2.24, 2.45) is 0 Å². The Bertz CT molecular complexity index is 594. The summed E-state index contributed by atoms with van der Waals surface area (Å²) in [5, 5.41) is 3.80. The summed E-state index contributed by atoms with van der Waals surface area (Å²) in [7, 11) is 0. The van der Waals surface area contributed by atoms with Gasteiger partial charge in [-0.3, -0.25) is 0 Å². The molecule has 0 amide bonds. The van der Waals surface area contributed by atoms with Crippen LogP contribution in [0.3, 0.4) is 0 Å². The minimum absolute atomic E-state index is 0.207. The minimum atomic E-state index is 0.207. The van der Waals surface area contributed by atoms with E-state index in [1.165, 1.54) is 42.6 Å². The summed E-state index contributed by atoms with van der Waals surface area (Å²) in [6, 6.07) is 10.7. The third kappa shape index (κ3) is 1.88. The Morgan fingerprint density at radius 2 is 1.95 bits per heavy atom. The molecule has 2 heterocycles. The molecular weight excluding hydrogens is 246 g/mol. The largest absolute Gasteiger partial charge is 0.328 e. The molecule has 3 nitrogen and oxygen atoms in total. The van der Waals surface area contributed by atoms with Crippen LogP contribution >= 0.6 is 0 Å². The molecule has 0 atom stereocenters. The molecule has 1 spiro atoms. The lowest BCUT2D eigenvalue weighted by Gasteiger charge is -2.36. The number of fused-ring (bicyclic) bond motifs is 2. The summed E-state index contributed by atoms with van der Waals surface area (Å²) < 4.78 is 2.38. The molecule has 1 N–H and O–H groups in total. The lowest BCUT2D eigenvalue weighted by atomic mass is 9.87. The molecule has 0 radical (unpaired) electrons. The summed E-state index contributed by atoms with van der Waals surface area (Å²) in [4.78, 5) is 4.69. The summed E-state index contributed by atoms with van der Waals surface area (Å²) in [5.41, 5.74) is 4.34. The number of nitrogens with zero attached hydrogens (tertiary/aromatic N) is 2. The average Bonchev–Trinajstić information content (AvgIpc) is 3.09. The number of hydrogen-bond acceptors (Lipinski definition) is 2. The SMILES string of the molecule is c1ccc(Cn2cnc3c2C2(CCCC2)NCC3)cc1. The van der Waals surface area contributed by atoms with Gasteiger partial charge in [-0.05, 0) is 18.4 Å². The van der Waals surface area contributed by atoms with Crippen LogP contribution in [0.4, 0.5) is 0 Å². The maximum Gasteiger partial charge on any atom is 0.0955 e. The van der Waals surface area contributed by atoms with Crippen molar-refractivity contribution in [3.8, 4) is 0 Å². The summed E-state index contributed by atoms with van der Waals surface area (Å²) in [6.07, 6.45) is 8.32. The van der Waals surface area contributed by atoms with Gasteiger partial charge in [-0.2, -0.15) is 0 Å². The monoisotopic (exact) mass is 267 g/mol. The van der Waals surface area contributed by atoms with Crippen molar-refractivity contribution >= 4 is 0 Å². The summed E-state index contributed by atoms with van der Waals surface area (Å²) in [5.74, 6) is 0. The molecule has 0 unspecified atom stereocenters. The van der Waals surface area contributed by atoms with Gasteiger partial charge in [0.15, 0.2) is 0 Å². The number of nitrogens with one attached hydrogen (secondary N) is 1. The van der Waals surface area contributed by atoms with Crippen LogP contribution in [0.1, 0.15) is 42.6 Å². The fourth-order valence-corrected chi connectivity index (χ4v) is 3.95. The predicted molar refractivity (Wildman–Crippen MR) is 79.6 cm³/mol. The predicted octanol–water partition coefficient (Wildman–Crippen LogP) is 2.85. The topological polar surface area (TPSA) is 29.9 Å². The van der Waals surface area contributed by atoms with Gasteiger partial charge < -0.3 is 9.88 Å². The second kappa shape index (κ2) is 4.74. The molecule has 20 heavy (non-hydrogen) atoms. The summed E-state index contributed by atoms with van der Waals surface area (Å²) in [6.45, 7) is 2.02. The average molecular weight is 267 g/mol. The van der Waals surface area contributed by atoms with Crippen molar-refractivity contribution < 1.29 is 0 Å². The van der Waals surface area contributed by atoms with Gasteiger partial charge in [-0.1, -0.05) is 43.2 Å². The molecule has 2 aromatic rings. The lowest BCUT2D eigenvalue weighted by Crippen LogP contribution is -2.46. The minimum Gasteiger partial charge on any atom is -0.328 e. The third-order valence-electron chi connectivity index (χ3n) is 4.84. The molecular formula is C17H21N3. The second-order valence-corrected chi connectivity index (χ2v) is 6.12. The molecule has 1 aliphatic heterocycles. The number of rotatable bonds is 2. The Labute approximate surface area is 120 Å². The molecule has 1 aromatic carbocycles. The zero-order valence-electron chi connectivity index (χ0n) is 11.8. The van der Waals surface area contributed by atoms with Crippen LogP contribution < -0.4 is 5.32 Å². The van der Waals surface area contributed by atoms with Gasteiger partial charge in [0, 0.05) is 19.5 Å². The molecule has 3 heteroatoms. The van der Waals surface area contributed by atoms with E-state index in [9.17, 15) is 0 Å². The first-order valence-electron chi connectivity index (χ1n) is 7.71. The number of aromatic nitrogens is 2. The maximum atomic E-state index is 4.69. The van der Waals surface area contributed by atoms with Gasteiger partial charge >= 0.3 is 0 Å². The molecule has 104 valence electrons. The maximum absolute atomic E-state index is 4.69. The molecule has 4 rings (SSSR count). The van der Waals surface area contributed by atoms with Crippen molar-refractivity contribution in [3.63, 3.8) is 0 Å². The Balaban J connectivity index is 1.74. The number of imidazole rings is 1. The van der Waals surface area contributed by atoms with Crippen molar-refractivity contribution in [1.82, 2.24) is 14.9 Å². The molecule has 1 fully saturated rings. The van der Waals surface area contributed by atoms with Crippen molar-refractivity contribution in [2.75, 3.05) is 6.54 Å². The van der Waals surface area contributed by atoms with E-state index in [0.717, 1.165) is 19.5 Å². The number of benzene rings is 1. The molecule has 1 aromatic heterocycles. The quantitative estimate of drug-likeness (QED) is 0.906. The third-order valence-corrected chi connectivity index (χ3v) is 4.84. The van der Waals surface area contributed by atoms with Crippen molar-refractivity contribution in [3.05, 3.63) is 53.6 Å². The van der Waals surface area contributed by atoms with Crippen LogP contribution in [-0.2, 0) is 18.5 Å². The molecule has 1 aliphatic carbocycles. The fraction of sp³-hybridized carbons (Fsp3) is 0.471. The lowest BCUT2D eigenvalue weighted by molar-refractivity contribution is 0.303. The first-order chi connectivity index (χ1) is 9.87. The Hall–Kier alpha value is -1.61. The highest BCUT2D eigenvalue weighted by Crippen LogP contribution is 2.42. The van der Waals surface area contributed by atoms with Crippen LogP contribution in [0.2, 0.25) is 0 Å². The van der Waals surface area contributed by atoms with Gasteiger partial charge in [0.1, 0.15) is 0 Å². The summed E-state index contributed by atoms with van der Waals surface area (Å²) >= 11 is 0. The first kappa shape index (κ1) is 12.2. The van der Waals surface area contributed by atoms with E-state index >= 15 is 0 Å². The highest BCUT2D eigenvalue weighted by Gasteiger charge is 2.41. The van der Waals surface area contributed by atoms with Gasteiger partial charge in [0.25, 0.3) is 0 Å². The van der Waals surface area contributed by atoms with E-state index in [1.54, 1.807) is 0 Å². The van der Waals surface area contributed by atoms with E-state index in [4.69, 9.17) is 4.98 Å². The van der Waals surface area contributed by atoms with Crippen LogP contribution in [0.25, 0.3) is 0 Å². The van der Waals surface area contributed by atoms with Gasteiger partial charge in [-0.25, -0.2) is 4.98 Å². The fourth-order valence-electron chi connectivity index (χ4n) is 3.95. The molecule has 0 saturated heterocycles. The Morgan fingerprint density at radius 3 is 2.75 bits per heavy atom. The first-order valence-corrected chi connectivity index (χ1v) is 7.71. The van der Waals surface area contributed by atoms with Crippen LogP contribution in [0, 0.1) is 0 Å². The zero-order valence-corrected chi connectivity index (χ0v) is 11.8. The van der Waals surface area contributed by atoms with Gasteiger partial charge in [0.05, 0.1) is 23.3 Å². The van der Waals surface area contributed by atoms with Crippen molar-refractivity contribution in [2.45, 2.75) is 44.2 Å². The van der Waals surface area contributed by atoms with Crippen LogP contribution in [0.5, 0.6) is 0 Å². The number of hydrogen-bond donors (Lipinski definition) is 1. The van der Waals surface area contributed by atoms with E-state index in [1.807, 2.05) is 6.33 Å². The van der Waals surface area contributed by atoms with E-state index in [2.05, 4.69) is 40.2 Å². The van der Waals surface area contributed by atoms with Crippen LogP contribution in [-0.4, -0.2) is 16.1 Å². The Morgan fingerprint density at radius 1 is 1.15 bits per heavy atom. The molecule has 2 aliphatic rings. The van der Waals surface area contributed by atoms with E-state index < -0.39 is 0 Å². The van der Waals surface area contributed by atoms with Gasteiger partial charge in [-0.15, -0.1) is 0 Å². The zero-order chi connectivity index (χ0) is 13.4. The second-order valence-electron chi connectivity index (χ2n) is 6.12.